The quantitative estimate of drug-likeness (QED) is 0.817. The van der Waals surface area contributed by atoms with Gasteiger partial charge in [-0.3, -0.25) is 0 Å². The van der Waals surface area contributed by atoms with Crippen LogP contribution in [0, 0.1) is 5.82 Å². The fraction of sp³-hybridized carbons (Fsp3) is 0.417. The van der Waals surface area contributed by atoms with E-state index in [9.17, 15) is 9.18 Å². The van der Waals surface area contributed by atoms with Crippen molar-refractivity contribution in [2.45, 2.75) is 19.3 Å². The fourth-order valence-corrected chi connectivity index (χ4v) is 2.84. The molecular formula is C12H13BrClFN2O. The summed E-state index contributed by atoms with van der Waals surface area (Å²) in [4.78, 5) is 13.7. The molecule has 0 spiro atoms. The van der Waals surface area contributed by atoms with E-state index in [1.165, 1.54) is 12.1 Å². The van der Waals surface area contributed by atoms with E-state index in [0.29, 0.717) is 10.2 Å². The van der Waals surface area contributed by atoms with Crippen LogP contribution in [-0.4, -0.2) is 24.0 Å². The van der Waals surface area contributed by atoms with Gasteiger partial charge in [-0.2, -0.15) is 0 Å². The average Bonchev–Trinajstić information content (AvgIpc) is 2.34. The van der Waals surface area contributed by atoms with Gasteiger partial charge in [0.1, 0.15) is 5.82 Å². The first-order chi connectivity index (χ1) is 8.58. The van der Waals surface area contributed by atoms with E-state index in [-0.39, 0.29) is 11.1 Å². The summed E-state index contributed by atoms with van der Waals surface area (Å²) < 4.78 is 13.5. The lowest BCUT2D eigenvalue weighted by molar-refractivity contribution is 0.200. The molecule has 98 valence electrons. The third-order valence-corrected chi connectivity index (χ3v) is 3.81. The van der Waals surface area contributed by atoms with Crippen molar-refractivity contribution in [3.8, 4) is 0 Å². The molecular weight excluding hydrogens is 323 g/mol. The molecule has 0 aliphatic carbocycles. The van der Waals surface area contributed by atoms with Crippen molar-refractivity contribution in [3.63, 3.8) is 0 Å². The number of carbonyl (C=O) groups is 1. The number of urea groups is 1. The topological polar surface area (TPSA) is 32.3 Å². The van der Waals surface area contributed by atoms with Crippen LogP contribution in [0.1, 0.15) is 19.3 Å². The maximum atomic E-state index is 13.1. The highest BCUT2D eigenvalue weighted by molar-refractivity contribution is 9.10. The number of benzene rings is 1. The normalized spacial score (nSPS) is 15.6. The van der Waals surface area contributed by atoms with Gasteiger partial charge in [-0.1, -0.05) is 11.6 Å². The van der Waals surface area contributed by atoms with Crippen LogP contribution in [0.4, 0.5) is 14.9 Å². The van der Waals surface area contributed by atoms with Gasteiger partial charge >= 0.3 is 6.03 Å². The smallest absolute Gasteiger partial charge is 0.321 e. The van der Waals surface area contributed by atoms with Crippen molar-refractivity contribution in [3.05, 3.63) is 27.4 Å². The number of anilines is 1. The number of hydrogen-bond acceptors (Lipinski definition) is 1. The number of rotatable bonds is 1. The summed E-state index contributed by atoms with van der Waals surface area (Å²) in [5.74, 6) is -0.442. The van der Waals surface area contributed by atoms with E-state index in [0.717, 1.165) is 32.4 Å². The molecule has 0 aromatic heterocycles. The number of piperidine rings is 1. The predicted octanol–water partition coefficient (Wildman–Crippen LogP) is 4.26. The van der Waals surface area contributed by atoms with Crippen molar-refractivity contribution in [1.29, 1.82) is 0 Å². The molecule has 1 aliphatic heterocycles. The third kappa shape index (κ3) is 3.14. The number of nitrogens with one attached hydrogen (secondary N) is 1. The van der Waals surface area contributed by atoms with Crippen LogP contribution in [0.25, 0.3) is 0 Å². The zero-order chi connectivity index (χ0) is 13.1. The second-order valence-corrected chi connectivity index (χ2v) is 5.48. The van der Waals surface area contributed by atoms with Crippen molar-refractivity contribution in [2.75, 3.05) is 18.4 Å². The largest absolute Gasteiger partial charge is 0.325 e. The van der Waals surface area contributed by atoms with Gasteiger partial charge in [0.25, 0.3) is 0 Å². The van der Waals surface area contributed by atoms with Gasteiger partial charge in [-0.25, -0.2) is 9.18 Å². The zero-order valence-electron chi connectivity index (χ0n) is 9.68. The van der Waals surface area contributed by atoms with E-state index < -0.39 is 5.82 Å². The van der Waals surface area contributed by atoms with Gasteiger partial charge < -0.3 is 10.2 Å². The summed E-state index contributed by atoms with van der Waals surface area (Å²) in [7, 11) is 0. The molecule has 2 rings (SSSR count). The molecule has 6 heteroatoms. The summed E-state index contributed by atoms with van der Waals surface area (Å²) in [5, 5.41) is 2.90. The fourth-order valence-electron chi connectivity index (χ4n) is 1.94. The molecule has 3 nitrogen and oxygen atoms in total. The lowest BCUT2D eigenvalue weighted by Crippen LogP contribution is -2.38. The van der Waals surface area contributed by atoms with Gasteiger partial charge in [-0.05, 0) is 47.3 Å². The highest BCUT2D eigenvalue weighted by atomic mass is 79.9. The van der Waals surface area contributed by atoms with E-state index in [1.807, 2.05) is 0 Å². The van der Waals surface area contributed by atoms with Crippen molar-refractivity contribution < 1.29 is 9.18 Å². The van der Waals surface area contributed by atoms with E-state index in [1.54, 1.807) is 4.90 Å². The number of halogens is 3. The Morgan fingerprint density at radius 1 is 1.33 bits per heavy atom. The Kier molecular flexibility index (Phi) is 4.45. The van der Waals surface area contributed by atoms with Gasteiger partial charge in [0.2, 0.25) is 0 Å². The highest BCUT2D eigenvalue weighted by Gasteiger charge is 2.18. The van der Waals surface area contributed by atoms with Crippen LogP contribution in [0.15, 0.2) is 16.6 Å². The van der Waals surface area contributed by atoms with Crippen molar-refractivity contribution >= 4 is 39.2 Å². The standard InChI is InChI=1S/C12H13BrClFN2O/c13-9-6-8(15)7-10(14)11(9)16-12(18)17-4-2-1-3-5-17/h6-7H,1-5H2,(H,16,18). The van der Waals surface area contributed by atoms with E-state index in [2.05, 4.69) is 21.2 Å². The highest BCUT2D eigenvalue weighted by Crippen LogP contribution is 2.32. The number of carbonyl (C=O) groups excluding carboxylic acids is 1. The molecule has 1 aliphatic rings. The molecule has 1 saturated heterocycles. The van der Waals surface area contributed by atoms with E-state index in [4.69, 9.17) is 11.6 Å². The molecule has 1 fully saturated rings. The predicted molar refractivity (Wildman–Crippen MR) is 73.6 cm³/mol. The molecule has 0 saturated carbocycles. The van der Waals surface area contributed by atoms with Gasteiger partial charge in [-0.15, -0.1) is 0 Å². The maximum Gasteiger partial charge on any atom is 0.321 e. The maximum absolute atomic E-state index is 13.1. The van der Waals surface area contributed by atoms with Crippen LogP contribution in [0.2, 0.25) is 5.02 Å². The molecule has 0 atom stereocenters. The van der Waals surface area contributed by atoms with Gasteiger partial charge in [0.15, 0.2) is 0 Å². The average molecular weight is 336 g/mol. The Bertz CT molecular complexity index is 440. The summed E-state index contributed by atoms with van der Waals surface area (Å²) in [6.45, 7) is 1.50. The molecule has 2 amide bonds. The second-order valence-electron chi connectivity index (χ2n) is 4.22. The van der Waals surface area contributed by atoms with E-state index >= 15 is 0 Å². The summed E-state index contributed by atoms with van der Waals surface area (Å²) in [6, 6.07) is 2.26. The third-order valence-electron chi connectivity index (χ3n) is 2.88. The summed E-state index contributed by atoms with van der Waals surface area (Å²) in [6.07, 6.45) is 3.20. The lowest BCUT2D eigenvalue weighted by atomic mass is 10.1. The van der Waals surface area contributed by atoms with Crippen LogP contribution in [0.3, 0.4) is 0 Å². The minimum atomic E-state index is -0.442. The van der Waals surface area contributed by atoms with Crippen molar-refractivity contribution in [2.24, 2.45) is 0 Å². The number of nitrogens with zero attached hydrogens (tertiary/aromatic N) is 1. The van der Waals surface area contributed by atoms with Crippen LogP contribution in [0.5, 0.6) is 0 Å². The summed E-state index contributed by atoms with van der Waals surface area (Å²) >= 11 is 9.11. The van der Waals surface area contributed by atoms with Crippen LogP contribution < -0.4 is 5.32 Å². The van der Waals surface area contributed by atoms with Crippen LogP contribution in [-0.2, 0) is 0 Å². The molecule has 1 N–H and O–H groups in total. The molecule has 1 aromatic carbocycles. The number of likely N-dealkylation sites (tertiary alicyclic amines) is 1. The zero-order valence-corrected chi connectivity index (χ0v) is 12.0. The number of hydrogen-bond donors (Lipinski definition) is 1. The minimum Gasteiger partial charge on any atom is -0.325 e. The minimum absolute atomic E-state index is 0.187. The Labute approximate surface area is 118 Å². The Balaban J connectivity index is 2.11. The lowest BCUT2D eigenvalue weighted by Gasteiger charge is -2.27. The second kappa shape index (κ2) is 5.89. The SMILES string of the molecule is O=C(Nc1c(Cl)cc(F)cc1Br)N1CCCCC1. The number of amides is 2. The molecule has 0 radical (unpaired) electrons. The van der Waals surface area contributed by atoms with Crippen LogP contribution >= 0.6 is 27.5 Å². The monoisotopic (exact) mass is 334 g/mol. The Morgan fingerprint density at radius 3 is 2.61 bits per heavy atom. The Hall–Kier alpha value is -0.810. The molecule has 1 aromatic rings. The molecule has 18 heavy (non-hydrogen) atoms. The Morgan fingerprint density at radius 2 is 2.00 bits per heavy atom. The first-order valence-electron chi connectivity index (χ1n) is 5.78. The van der Waals surface area contributed by atoms with Gasteiger partial charge in [0, 0.05) is 17.6 Å². The first kappa shape index (κ1) is 13.6. The molecule has 0 bridgehead atoms. The molecule has 1 heterocycles. The van der Waals surface area contributed by atoms with Crippen molar-refractivity contribution in [1.82, 2.24) is 4.90 Å². The van der Waals surface area contributed by atoms with Gasteiger partial charge in [0.05, 0.1) is 10.7 Å². The first-order valence-corrected chi connectivity index (χ1v) is 6.95. The molecule has 0 unspecified atom stereocenters. The summed E-state index contributed by atoms with van der Waals surface area (Å²) in [5.41, 5.74) is 0.411.